The first-order chi connectivity index (χ1) is 8.17. The highest BCUT2D eigenvalue weighted by Crippen LogP contribution is 2.12. The third-order valence-corrected chi connectivity index (χ3v) is 2.21. The lowest BCUT2D eigenvalue weighted by molar-refractivity contribution is 0.176. The second-order valence-electron chi connectivity index (χ2n) is 3.74. The highest BCUT2D eigenvalue weighted by Gasteiger charge is 2.08. The maximum atomic E-state index is 13.3. The molecule has 1 aromatic heterocycles. The molecule has 1 unspecified atom stereocenters. The quantitative estimate of drug-likeness (QED) is 0.678. The molecule has 0 bridgehead atoms. The Morgan fingerprint density at radius 3 is 2.82 bits per heavy atom. The summed E-state index contributed by atoms with van der Waals surface area (Å²) in [6.45, 7) is 4.85. The second-order valence-corrected chi connectivity index (χ2v) is 3.74. The molecule has 0 aliphatic carbocycles. The van der Waals surface area contributed by atoms with Crippen LogP contribution < -0.4 is 10.6 Å². The first-order valence-electron chi connectivity index (χ1n) is 5.85. The van der Waals surface area contributed by atoms with Crippen LogP contribution in [0.5, 0.6) is 0 Å². The van der Waals surface area contributed by atoms with Gasteiger partial charge in [-0.3, -0.25) is 0 Å². The van der Waals surface area contributed by atoms with Gasteiger partial charge in [0, 0.05) is 13.1 Å². The molecule has 1 rings (SSSR count). The normalized spacial score (nSPS) is 12.2. The van der Waals surface area contributed by atoms with E-state index in [0.717, 1.165) is 12.6 Å². The lowest BCUT2D eigenvalue weighted by atomic mass is 10.2. The average Bonchev–Trinajstić information content (AvgIpc) is 2.30. The number of aliphatic hydroxyl groups excluding tert-OH is 1. The van der Waals surface area contributed by atoms with Crippen LogP contribution in [0.3, 0.4) is 0 Å². The van der Waals surface area contributed by atoms with Crippen molar-refractivity contribution in [2.45, 2.75) is 32.8 Å². The summed E-state index contributed by atoms with van der Waals surface area (Å²) >= 11 is 0. The van der Waals surface area contributed by atoms with E-state index in [0.29, 0.717) is 18.9 Å². The Labute approximate surface area is 100 Å². The molecule has 0 aromatic carbocycles. The highest BCUT2D eigenvalue weighted by molar-refractivity contribution is 5.41. The summed E-state index contributed by atoms with van der Waals surface area (Å²) in [5.41, 5.74) is 0. The molecule has 0 fully saturated rings. The van der Waals surface area contributed by atoms with Gasteiger partial charge in [-0.25, -0.2) is 9.37 Å². The van der Waals surface area contributed by atoms with Crippen molar-refractivity contribution in [3.05, 3.63) is 12.0 Å². The summed E-state index contributed by atoms with van der Waals surface area (Å²) in [5.74, 6) is -0.0252. The maximum absolute atomic E-state index is 13.3. The third kappa shape index (κ3) is 4.52. The maximum Gasteiger partial charge on any atom is 0.224 e. The van der Waals surface area contributed by atoms with Gasteiger partial charge >= 0.3 is 0 Å². The van der Waals surface area contributed by atoms with E-state index >= 15 is 0 Å². The zero-order chi connectivity index (χ0) is 12.7. The standard InChI is InChI=1S/C11H19FN4O/c1-3-5-8(17)6-14-10-9(12)7-15-11(16-10)13-4-2/h7-8,17H,3-6H2,1-2H3,(H2,13,14,15,16). The summed E-state index contributed by atoms with van der Waals surface area (Å²) in [4.78, 5) is 7.77. The third-order valence-electron chi connectivity index (χ3n) is 2.21. The molecule has 17 heavy (non-hydrogen) atoms. The van der Waals surface area contributed by atoms with Crippen LogP contribution in [0.4, 0.5) is 16.2 Å². The van der Waals surface area contributed by atoms with Gasteiger partial charge in [0.2, 0.25) is 5.95 Å². The molecule has 0 aliphatic rings. The molecule has 0 amide bonds. The molecular formula is C11H19FN4O. The van der Waals surface area contributed by atoms with Crippen molar-refractivity contribution < 1.29 is 9.50 Å². The fourth-order valence-electron chi connectivity index (χ4n) is 1.38. The number of rotatable bonds is 7. The molecule has 1 aromatic rings. The van der Waals surface area contributed by atoms with Crippen molar-refractivity contribution in [2.24, 2.45) is 0 Å². The molecule has 1 atom stereocenters. The number of aromatic nitrogens is 2. The SMILES string of the molecule is CCCC(O)CNc1nc(NCC)ncc1F. The highest BCUT2D eigenvalue weighted by atomic mass is 19.1. The number of hydrogen-bond donors (Lipinski definition) is 3. The van der Waals surface area contributed by atoms with Crippen LogP contribution in [0.25, 0.3) is 0 Å². The van der Waals surface area contributed by atoms with Crippen LogP contribution in [-0.2, 0) is 0 Å². The summed E-state index contributed by atoms with van der Waals surface area (Å²) in [5, 5.41) is 15.2. The van der Waals surface area contributed by atoms with Gasteiger partial charge in [0.25, 0.3) is 0 Å². The summed E-state index contributed by atoms with van der Waals surface area (Å²) in [6.07, 6.45) is 2.19. The molecule has 0 radical (unpaired) electrons. The van der Waals surface area contributed by atoms with Gasteiger partial charge in [-0.2, -0.15) is 4.98 Å². The molecule has 96 valence electrons. The monoisotopic (exact) mass is 242 g/mol. The Kier molecular flexibility index (Phi) is 5.62. The predicted octanol–water partition coefficient (Wildman–Crippen LogP) is 1.62. The molecule has 0 saturated carbocycles. The number of hydrogen-bond acceptors (Lipinski definition) is 5. The summed E-state index contributed by atoms with van der Waals surface area (Å²) < 4.78 is 13.3. The Morgan fingerprint density at radius 2 is 2.18 bits per heavy atom. The van der Waals surface area contributed by atoms with Gasteiger partial charge in [0.1, 0.15) is 0 Å². The molecule has 0 saturated heterocycles. The number of nitrogens with zero attached hydrogens (tertiary/aromatic N) is 2. The van der Waals surface area contributed by atoms with E-state index in [9.17, 15) is 9.50 Å². The number of nitrogens with one attached hydrogen (secondary N) is 2. The molecule has 0 spiro atoms. The van der Waals surface area contributed by atoms with Crippen molar-refractivity contribution in [2.75, 3.05) is 23.7 Å². The molecule has 1 heterocycles. The van der Waals surface area contributed by atoms with Crippen LogP contribution in [0.1, 0.15) is 26.7 Å². The predicted molar refractivity (Wildman–Crippen MR) is 65.6 cm³/mol. The summed E-state index contributed by atoms with van der Waals surface area (Å²) in [7, 11) is 0. The Balaban J connectivity index is 2.59. The lowest BCUT2D eigenvalue weighted by Crippen LogP contribution is -2.20. The average molecular weight is 242 g/mol. The van der Waals surface area contributed by atoms with Crippen molar-refractivity contribution in [3.8, 4) is 0 Å². The Hall–Kier alpha value is -1.43. The fourth-order valence-corrected chi connectivity index (χ4v) is 1.38. The first kappa shape index (κ1) is 13.6. The van der Waals surface area contributed by atoms with E-state index in [1.54, 1.807) is 0 Å². The van der Waals surface area contributed by atoms with Crippen LogP contribution in [0.15, 0.2) is 6.20 Å². The van der Waals surface area contributed by atoms with Crippen LogP contribution in [0.2, 0.25) is 0 Å². The molecule has 6 heteroatoms. The van der Waals surface area contributed by atoms with Crippen molar-refractivity contribution in [3.63, 3.8) is 0 Å². The van der Waals surface area contributed by atoms with Gasteiger partial charge in [0.05, 0.1) is 12.3 Å². The van der Waals surface area contributed by atoms with E-state index in [2.05, 4.69) is 20.6 Å². The Bertz CT molecular complexity index is 348. The van der Waals surface area contributed by atoms with E-state index in [1.807, 2.05) is 13.8 Å². The number of anilines is 2. The van der Waals surface area contributed by atoms with Crippen molar-refractivity contribution >= 4 is 11.8 Å². The topological polar surface area (TPSA) is 70.1 Å². The van der Waals surface area contributed by atoms with Crippen molar-refractivity contribution in [1.82, 2.24) is 9.97 Å². The van der Waals surface area contributed by atoms with Gasteiger partial charge in [-0.1, -0.05) is 13.3 Å². The molecular weight excluding hydrogens is 223 g/mol. The Morgan fingerprint density at radius 1 is 1.41 bits per heavy atom. The van der Waals surface area contributed by atoms with E-state index in [-0.39, 0.29) is 12.4 Å². The zero-order valence-electron chi connectivity index (χ0n) is 10.2. The van der Waals surface area contributed by atoms with Gasteiger partial charge in [0.15, 0.2) is 11.6 Å². The summed E-state index contributed by atoms with van der Waals surface area (Å²) in [6, 6.07) is 0. The minimum absolute atomic E-state index is 0.117. The van der Waals surface area contributed by atoms with Gasteiger partial charge in [-0.05, 0) is 13.3 Å². The van der Waals surface area contributed by atoms with Crippen LogP contribution in [-0.4, -0.2) is 34.3 Å². The van der Waals surface area contributed by atoms with E-state index < -0.39 is 11.9 Å². The smallest absolute Gasteiger partial charge is 0.224 e. The fraction of sp³-hybridized carbons (Fsp3) is 0.636. The lowest BCUT2D eigenvalue weighted by Gasteiger charge is -2.12. The molecule has 3 N–H and O–H groups in total. The van der Waals surface area contributed by atoms with Gasteiger partial charge in [-0.15, -0.1) is 0 Å². The van der Waals surface area contributed by atoms with Crippen molar-refractivity contribution in [1.29, 1.82) is 0 Å². The second kappa shape index (κ2) is 7.01. The van der Waals surface area contributed by atoms with Crippen LogP contribution in [0, 0.1) is 5.82 Å². The number of aliphatic hydroxyl groups is 1. The molecule has 0 aliphatic heterocycles. The van der Waals surface area contributed by atoms with Crippen LogP contribution >= 0.6 is 0 Å². The minimum Gasteiger partial charge on any atom is -0.391 e. The first-order valence-corrected chi connectivity index (χ1v) is 5.85. The largest absolute Gasteiger partial charge is 0.391 e. The molecule has 5 nitrogen and oxygen atoms in total. The van der Waals surface area contributed by atoms with Gasteiger partial charge < -0.3 is 15.7 Å². The van der Waals surface area contributed by atoms with E-state index in [1.165, 1.54) is 0 Å². The zero-order valence-corrected chi connectivity index (χ0v) is 10.2. The minimum atomic E-state index is -0.518. The van der Waals surface area contributed by atoms with E-state index in [4.69, 9.17) is 0 Å². The number of halogens is 1.